The molecule has 0 spiro atoms. The number of nitrogens with one attached hydrogen (secondary N) is 1. The van der Waals surface area contributed by atoms with Gasteiger partial charge in [0.15, 0.2) is 0 Å². The van der Waals surface area contributed by atoms with E-state index in [1.54, 1.807) is 0 Å². The molecular weight excluding hydrogens is 220 g/mol. The molecule has 17 heavy (non-hydrogen) atoms. The highest BCUT2D eigenvalue weighted by Gasteiger charge is 2.17. The monoisotopic (exact) mass is 244 g/mol. The number of carboxylic acids is 1. The number of amides is 1. The summed E-state index contributed by atoms with van der Waals surface area (Å²) in [5.74, 6) is -1.12. The van der Waals surface area contributed by atoms with Gasteiger partial charge in [-0.1, -0.05) is 26.2 Å². The Balaban J connectivity index is 3.71. The molecule has 5 nitrogen and oxygen atoms in total. The number of carbonyl (C=O) groups is 2. The van der Waals surface area contributed by atoms with Crippen LogP contribution in [0.15, 0.2) is 0 Å². The molecule has 0 aromatic heterocycles. The van der Waals surface area contributed by atoms with Crippen molar-refractivity contribution in [3.05, 3.63) is 0 Å². The third kappa shape index (κ3) is 8.68. The number of aliphatic carboxylic acids is 1. The van der Waals surface area contributed by atoms with Crippen LogP contribution in [-0.4, -0.2) is 29.6 Å². The van der Waals surface area contributed by atoms with Gasteiger partial charge < -0.3 is 16.2 Å². The molecule has 0 aromatic rings. The lowest BCUT2D eigenvalue weighted by Crippen LogP contribution is -2.40. The molecule has 0 aromatic carbocycles. The second-order valence-corrected chi connectivity index (χ2v) is 4.20. The third-order valence-electron chi connectivity index (χ3n) is 2.57. The second-order valence-electron chi connectivity index (χ2n) is 4.20. The van der Waals surface area contributed by atoms with E-state index in [0.717, 1.165) is 32.1 Å². The predicted molar refractivity (Wildman–Crippen MR) is 66.6 cm³/mol. The zero-order valence-corrected chi connectivity index (χ0v) is 10.6. The lowest BCUT2D eigenvalue weighted by atomic mass is 10.1. The lowest BCUT2D eigenvalue weighted by Gasteiger charge is -2.13. The second kappa shape index (κ2) is 10.1. The van der Waals surface area contributed by atoms with Crippen molar-refractivity contribution in [1.29, 1.82) is 0 Å². The smallest absolute Gasteiger partial charge is 0.326 e. The molecule has 0 radical (unpaired) electrons. The van der Waals surface area contributed by atoms with Crippen LogP contribution in [0.1, 0.15) is 51.9 Å². The number of carboxylic acid groups (broad SMARTS) is 1. The summed E-state index contributed by atoms with van der Waals surface area (Å²) in [6.07, 6.45) is 5.40. The molecular formula is C12H24N2O3. The molecule has 5 heteroatoms. The molecule has 0 aliphatic heterocycles. The Bertz CT molecular complexity index is 232. The quantitative estimate of drug-likeness (QED) is 0.504. The number of hydrogen-bond acceptors (Lipinski definition) is 3. The molecule has 0 aliphatic rings. The highest BCUT2D eigenvalue weighted by Crippen LogP contribution is 2.03. The molecule has 100 valence electrons. The zero-order valence-electron chi connectivity index (χ0n) is 10.6. The van der Waals surface area contributed by atoms with Gasteiger partial charge in [0.1, 0.15) is 6.04 Å². The third-order valence-corrected chi connectivity index (χ3v) is 2.57. The fourth-order valence-electron chi connectivity index (χ4n) is 1.60. The van der Waals surface area contributed by atoms with E-state index in [9.17, 15) is 9.59 Å². The summed E-state index contributed by atoms with van der Waals surface area (Å²) in [5, 5.41) is 11.4. The van der Waals surface area contributed by atoms with Gasteiger partial charge >= 0.3 is 5.97 Å². The van der Waals surface area contributed by atoms with Gasteiger partial charge in [-0.2, -0.15) is 0 Å². The van der Waals surface area contributed by atoms with Crippen molar-refractivity contribution in [2.45, 2.75) is 57.9 Å². The van der Waals surface area contributed by atoms with Crippen molar-refractivity contribution >= 4 is 11.9 Å². The number of hydrogen-bond donors (Lipinski definition) is 3. The molecule has 0 unspecified atom stereocenters. The summed E-state index contributed by atoms with van der Waals surface area (Å²) in [5.41, 5.74) is 5.36. The minimum atomic E-state index is -0.955. The van der Waals surface area contributed by atoms with Crippen LogP contribution in [0.3, 0.4) is 0 Å². The fourth-order valence-corrected chi connectivity index (χ4v) is 1.60. The van der Waals surface area contributed by atoms with E-state index >= 15 is 0 Å². The minimum absolute atomic E-state index is 0.168. The molecule has 0 saturated heterocycles. The highest BCUT2D eigenvalue weighted by molar-refractivity contribution is 5.83. The maximum Gasteiger partial charge on any atom is 0.326 e. The first-order valence-corrected chi connectivity index (χ1v) is 6.34. The number of rotatable bonds is 10. The van der Waals surface area contributed by atoms with Gasteiger partial charge in [-0.15, -0.1) is 0 Å². The first kappa shape index (κ1) is 15.9. The van der Waals surface area contributed by atoms with Crippen LogP contribution in [0, 0.1) is 0 Å². The average Bonchev–Trinajstić information content (AvgIpc) is 2.28. The maximum atomic E-state index is 11.5. The first-order chi connectivity index (χ1) is 8.11. The molecule has 4 N–H and O–H groups in total. The Morgan fingerprint density at radius 1 is 1.24 bits per heavy atom. The Labute approximate surface area is 103 Å². The van der Waals surface area contributed by atoms with E-state index in [2.05, 4.69) is 5.32 Å². The Kier molecular flexibility index (Phi) is 9.43. The Hall–Kier alpha value is -1.10. The number of carbonyl (C=O) groups excluding carboxylic acids is 1. The maximum absolute atomic E-state index is 11.5. The average molecular weight is 244 g/mol. The van der Waals surface area contributed by atoms with Crippen molar-refractivity contribution in [2.75, 3.05) is 6.54 Å². The van der Waals surface area contributed by atoms with Gasteiger partial charge in [-0.05, 0) is 25.8 Å². The van der Waals surface area contributed by atoms with Crippen molar-refractivity contribution in [3.8, 4) is 0 Å². The van der Waals surface area contributed by atoms with Crippen LogP contribution >= 0.6 is 0 Å². The van der Waals surface area contributed by atoms with Gasteiger partial charge in [0.2, 0.25) is 5.91 Å². The summed E-state index contributed by atoms with van der Waals surface area (Å²) in [6.45, 7) is 2.58. The van der Waals surface area contributed by atoms with Crippen LogP contribution in [0.2, 0.25) is 0 Å². The van der Waals surface area contributed by atoms with Gasteiger partial charge in [0.25, 0.3) is 0 Å². The van der Waals surface area contributed by atoms with E-state index < -0.39 is 12.0 Å². The Morgan fingerprint density at radius 2 is 1.88 bits per heavy atom. The largest absolute Gasteiger partial charge is 0.480 e. The molecule has 1 amide bonds. The molecule has 1 atom stereocenters. The highest BCUT2D eigenvalue weighted by atomic mass is 16.4. The molecule has 0 fully saturated rings. The van der Waals surface area contributed by atoms with Crippen molar-refractivity contribution in [2.24, 2.45) is 5.73 Å². The van der Waals surface area contributed by atoms with Crippen LogP contribution in [0.25, 0.3) is 0 Å². The van der Waals surface area contributed by atoms with Crippen LogP contribution in [0.4, 0.5) is 0 Å². The van der Waals surface area contributed by atoms with Crippen LogP contribution in [0.5, 0.6) is 0 Å². The fraction of sp³-hybridized carbons (Fsp3) is 0.833. The molecule has 0 rings (SSSR count). The lowest BCUT2D eigenvalue weighted by molar-refractivity contribution is -0.142. The minimum Gasteiger partial charge on any atom is -0.480 e. The zero-order chi connectivity index (χ0) is 13.1. The first-order valence-electron chi connectivity index (χ1n) is 6.34. The van der Waals surface area contributed by atoms with Gasteiger partial charge in [0.05, 0.1) is 0 Å². The SMILES string of the molecule is CCC[C@H](NC(=O)CCCCCCN)C(=O)O. The topological polar surface area (TPSA) is 92.4 Å². The van der Waals surface area contributed by atoms with E-state index in [-0.39, 0.29) is 5.91 Å². The number of nitrogens with two attached hydrogens (primary N) is 1. The van der Waals surface area contributed by atoms with E-state index in [1.807, 2.05) is 6.92 Å². The molecule has 0 aliphatic carbocycles. The van der Waals surface area contributed by atoms with Crippen LogP contribution < -0.4 is 11.1 Å². The van der Waals surface area contributed by atoms with Gasteiger partial charge in [-0.25, -0.2) is 4.79 Å². The summed E-state index contributed by atoms with van der Waals surface area (Å²) in [6, 6.07) is -0.739. The molecule has 0 saturated carbocycles. The standard InChI is InChI=1S/C12H24N2O3/c1-2-7-10(12(16)17)14-11(15)8-5-3-4-6-9-13/h10H,2-9,13H2,1H3,(H,14,15)(H,16,17)/t10-/m0/s1. The van der Waals surface area contributed by atoms with E-state index in [1.165, 1.54) is 0 Å². The van der Waals surface area contributed by atoms with Crippen LogP contribution in [-0.2, 0) is 9.59 Å². The van der Waals surface area contributed by atoms with Gasteiger partial charge in [-0.3, -0.25) is 4.79 Å². The van der Waals surface area contributed by atoms with Gasteiger partial charge in [0, 0.05) is 6.42 Å². The normalized spacial score (nSPS) is 12.1. The predicted octanol–water partition coefficient (Wildman–Crippen LogP) is 1.27. The van der Waals surface area contributed by atoms with Crippen molar-refractivity contribution in [3.63, 3.8) is 0 Å². The molecule has 0 bridgehead atoms. The van der Waals surface area contributed by atoms with Crippen molar-refractivity contribution in [1.82, 2.24) is 5.32 Å². The Morgan fingerprint density at radius 3 is 2.41 bits per heavy atom. The van der Waals surface area contributed by atoms with Crippen molar-refractivity contribution < 1.29 is 14.7 Å². The van der Waals surface area contributed by atoms with E-state index in [0.29, 0.717) is 19.4 Å². The summed E-state index contributed by atoms with van der Waals surface area (Å²) < 4.78 is 0. The summed E-state index contributed by atoms with van der Waals surface area (Å²) >= 11 is 0. The van der Waals surface area contributed by atoms with E-state index in [4.69, 9.17) is 10.8 Å². The molecule has 0 heterocycles. The summed E-state index contributed by atoms with van der Waals surface area (Å²) in [4.78, 5) is 22.3. The number of unbranched alkanes of at least 4 members (excludes halogenated alkanes) is 3. The summed E-state index contributed by atoms with van der Waals surface area (Å²) in [7, 11) is 0.